The Bertz CT molecular complexity index is 1080. The molecule has 2 heteroatoms. The summed E-state index contributed by atoms with van der Waals surface area (Å²) in [6.45, 7) is 2.20. The Kier molecular flexibility index (Phi) is 4.19. The molecule has 0 radical (unpaired) electrons. The van der Waals surface area contributed by atoms with Crippen LogP contribution in [0.2, 0.25) is 5.02 Å². The predicted octanol–water partition coefficient (Wildman–Crippen LogP) is 7.41. The summed E-state index contributed by atoms with van der Waals surface area (Å²) in [5.41, 5.74) is 3.20. The lowest BCUT2D eigenvalue weighted by atomic mass is 9.96. The van der Waals surface area contributed by atoms with Crippen LogP contribution in [0.15, 0.2) is 66.7 Å². The Labute approximate surface area is 151 Å². The molecular formula is C23H18ClF. The first-order valence-electron chi connectivity index (χ1n) is 8.56. The Morgan fingerprint density at radius 3 is 2.12 bits per heavy atom. The van der Waals surface area contributed by atoms with E-state index in [1.54, 1.807) is 6.07 Å². The molecule has 25 heavy (non-hydrogen) atoms. The van der Waals surface area contributed by atoms with Gasteiger partial charge in [0, 0.05) is 0 Å². The smallest absolute Gasteiger partial charge is 0.142 e. The number of hydrogen-bond acceptors (Lipinski definition) is 0. The standard InChI is InChI=1S/C23H18ClF/c1-2-3-15-4-9-20-18(12-15)5-6-19-13-16(7-10-21(19)20)17-8-11-22(24)23(25)14-17/h4-14H,2-3H2,1H3. The third kappa shape index (κ3) is 3.01. The summed E-state index contributed by atoms with van der Waals surface area (Å²) in [6, 6.07) is 22.2. The molecule has 0 aromatic heterocycles. The lowest BCUT2D eigenvalue weighted by Gasteiger charge is -2.09. The zero-order valence-corrected chi connectivity index (χ0v) is 14.8. The highest BCUT2D eigenvalue weighted by molar-refractivity contribution is 6.30. The van der Waals surface area contributed by atoms with Crippen molar-refractivity contribution >= 4 is 33.1 Å². The van der Waals surface area contributed by atoms with E-state index < -0.39 is 0 Å². The molecule has 0 saturated carbocycles. The highest BCUT2D eigenvalue weighted by Gasteiger charge is 2.06. The van der Waals surface area contributed by atoms with E-state index in [4.69, 9.17) is 11.6 Å². The second-order valence-electron chi connectivity index (χ2n) is 6.44. The second kappa shape index (κ2) is 6.50. The fraction of sp³-hybridized carbons (Fsp3) is 0.130. The lowest BCUT2D eigenvalue weighted by Crippen LogP contribution is -1.86. The van der Waals surface area contributed by atoms with Gasteiger partial charge in [-0.1, -0.05) is 73.5 Å². The minimum atomic E-state index is -0.388. The molecule has 4 rings (SSSR count). The maximum absolute atomic E-state index is 13.8. The van der Waals surface area contributed by atoms with E-state index >= 15 is 0 Å². The van der Waals surface area contributed by atoms with Crippen molar-refractivity contribution in [1.82, 2.24) is 0 Å². The van der Waals surface area contributed by atoms with Crippen LogP contribution in [0.4, 0.5) is 4.39 Å². The first kappa shape index (κ1) is 16.1. The van der Waals surface area contributed by atoms with Gasteiger partial charge in [0.15, 0.2) is 0 Å². The molecule has 0 fully saturated rings. The molecule has 0 aliphatic rings. The van der Waals surface area contributed by atoms with E-state index in [2.05, 4.69) is 49.4 Å². The summed E-state index contributed by atoms with van der Waals surface area (Å²) < 4.78 is 13.8. The molecule has 0 nitrogen and oxygen atoms in total. The number of aryl methyl sites for hydroxylation is 1. The average molecular weight is 349 g/mol. The van der Waals surface area contributed by atoms with Crippen LogP contribution >= 0.6 is 11.6 Å². The van der Waals surface area contributed by atoms with Gasteiger partial charge < -0.3 is 0 Å². The molecule has 4 aromatic rings. The Hall–Kier alpha value is -2.38. The summed E-state index contributed by atoms with van der Waals surface area (Å²) in [7, 11) is 0. The van der Waals surface area contributed by atoms with Gasteiger partial charge in [0.2, 0.25) is 0 Å². The lowest BCUT2D eigenvalue weighted by molar-refractivity contribution is 0.629. The van der Waals surface area contributed by atoms with Crippen LogP contribution in [-0.2, 0) is 6.42 Å². The van der Waals surface area contributed by atoms with E-state index in [0.717, 1.165) is 29.4 Å². The topological polar surface area (TPSA) is 0 Å². The molecule has 0 saturated heterocycles. The molecule has 0 amide bonds. The van der Waals surface area contributed by atoms with Crippen LogP contribution in [0.1, 0.15) is 18.9 Å². The van der Waals surface area contributed by atoms with Crippen molar-refractivity contribution in [3.8, 4) is 11.1 Å². The van der Waals surface area contributed by atoms with Crippen molar-refractivity contribution in [2.24, 2.45) is 0 Å². The number of rotatable bonds is 3. The maximum atomic E-state index is 13.8. The minimum Gasteiger partial charge on any atom is -0.205 e. The van der Waals surface area contributed by atoms with E-state index in [0.29, 0.717) is 0 Å². The van der Waals surface area contributed by atoms with E-state index in [9.17, 15) is 4.39 Å². The summed E-state index contributed by atoms with van der Waals surface area (Å²) >= 11 is 5.79. The highest BCUT2D eigenvalue weighted by atomic mass is 35.5. The van der Waals surface area contributed by atoms with Crippen molar-refractivity contribution in [3.05, 3.63) is 83.1 Å². The van der Waals surface area contributed by atoms with Gasteiger partial charge in [-0.3, -0.25) is 0 Å². The van der Waals surface area contributed by atoms with Crippen LogP contribution in [0.25, 0.3) is 32.7 Å². The number of benzene rings is 4. The van der Waals surface area contributed by atoms with Gasteiger partial charge in [-0.15, -0.1) is 0 Å². The normalized spacial score (nSPS) is 11.3. The summed E-state index contributed by atoms with van der Waals surface area (Å²) in [5, 5.41) is 5.05. The van der Waals surface area contributed by atoms with Crippen molar-refractivity contribution in [2.75, 3.05) is 0 Å². The Balaban J connectivity index is 1.84. The highest BCUT2D eigenvalue weighted by Crippen LogP contribution is 2.31. The number of halogens is 2. The molecule has 0 N–H and O–H groups in total. The summed E-state index contributed by atoms with van der Waals surface area (Å²) in [4.78, 5) is 0. The molecule has 0 unspecified atom stereocenters. The van der Waals surface area contributed by atoms with Crippen molar-refractivity contribution < 1.29 is 4.39 Å². The van der Waals surface area contributed by atoms with Gasteiger partial charge >= 0.3 is 0 Å². The molecule has 124 valence electrons. The molecule has 0 spiro atoms. The first-order chi connectivity index (χ1) is 12.2. The third-order valence-corrected chi connectivity index (χ3v) is 5.00. The van der Waals surface area contributed by atoms with Crippen LogP contribution in [0.3, 0.4) is 0 Å². The van der Waals surface area contributed by atoms with E-state index in [1.165, 1.54) is 27.8 Å². The molecule has 4 aromatic carbocycles. The van der Waals surface area contributed by atoms with Gasteiger partial charge in [0.1, 0.15) is 5.82 Å². The molecule has 0 aliphatic carbocycles. The van der Waals surface area contributed by atoms with Crippen molar-refractivity contribution in [2.45, 2.75) is 19.8 Å². The van der Waals surface area contributed by atoms with Crippen LogP contribution in [0.5, 0.6) is 0 Å². The summed E-state index contributed by atoms with van der Waals surface area (Å²) in [6.07, 6.45) is 2.26. The molecule has 0 heterocycles. The van der Waals surface area contributed by atoms with E-state index in [-0.39, 0.29) is 10.8 Å². The van der Waals surface area contributed by atoms with Gasteiger partial charge in [0.25, 0.3) is 0 Å². The largest absolute Gasteiger partial charge is 0.205 e. The van der Waals surface area contributed by atoms with Crippen LogP contribution in [-0.4, -0.2) is 0 Å². The zero-order valence-electron chi connectivity index (χ0n) is 14.0. The minimum absolute atomic E-state index is 0.151. The van der Waals surface area contributed by atoms with Gasteiger partial charge in [0.05, 0.1) is 5.02 Å². The second-order valence-corrected chi connectivity index (χ2v) is 6.84. The van der Waals surface area contributed by atoms with Gasteiger partial charge in [-0.05, 0) is 62.9 Å². The number of fused-ring (bicyclic) bond motifs is 3. The SMILES string of the molecule is CCCc1ccc2c(ccc3cc(-c4ccc(Cl)c(F)c4)ccc32)c1. The van der Waals surface area contributed by atoms with Gasteiger partial charge in [-0.25, -0.2) is 4.39 Å². The van der Waals surface area contributed by atoms with Crippen molar-refractivity contribution in [1.29, 1.82) is 0 Å². The molecule has 0 aliphatic heterocycles. The Morgan fingerprint density at radius 2 is 1.40 bits per heavy atom. The fourth-order valence-corrected chi connectivity index (χ4v) is 3.54. The van der Waals surface area contributed by atoms with Gasteiger partial charge in [-0.2, -0.15) is 0 Å². The maximum Gasteiger partial charge on any atom is 0.142 e. The molecular weight excluding hydrogens is 331 g/mol. The zero-order chi connectivity index (χ0) is 17.4. The van der Waals surface area contributed by atoms with Crippen molar-refractivity contribution in [3.63, 3.8) is 0 Å². The first-order valence-corrected chi connectivity index (χ1v) is 8.94. The predicted molar refractivity (Wildman–Crippen MR) is 106 cm³/mol. The number of hydrogen-bond donors (Lipinski definition) is 0. The summed E-state index contributed by atoms with van der Waals surface area (Å²) in [5.74, 6) is -0.388. The monoisotopic (exact) mass is 348 g/mol. The quantitative estimate of drug-likeness (QED) is 0.338. The Morgan fingerprint density at radius 1 is 0.760 bits per heavy atom. The fourth-order valence-electron chi connectivity index (χ4n) is 3.42. The van der Waals surface area contributed by atoms with E-state index in [1.807, 2.05) is 12.1 Å². The third-order valence-electron chi connectivity index (χ3n) is 4.69. The van der Waals surface area contributed by atoms with Crippen LogP contribution in [0, 0.1) is 5.82 Å². The molecule has 0 bridgehead atoms. The average Bonchev–Trinajstić information content (AvgIpc) is 2.63. The molecule has 0 atom stereocenters. The van der Waals surface area contributed by atoms with Crippen LogP contribution < -0.4 is 0 Å².